The molecule has 1 aromatic heterocycles. The quantitative estimate of drug-likeness (QED) is 0.217. The average molecular weight is 540 g/mol. The van der Waals surface area contributed by atoms with Gasteiger partial charge in [-0.15, -0.1) is 6.58 Å². The Labute approximate surface area is 228 Å². The number of amides is 1. The molecule has 1 aliphatic rings. The van der Waals surface area contributed by atoms with Crippen LogP contribution in [0.4, 0.5) is 23.1 Å². The van der Waals surface area contributed by atoms with Crippen molar-refractivity contribution in [3.05, 3.63) is 48.2 Å². The zero-order chi connectivity index (χ0) is 28.4. The van der Waals surface area contributed by atoms with E-state index in [0.717, 1.165) is 29.9 Å². The zero-order valence-corrected chi connectivity index (χ0v) is 22.4. The summed E-state index contributed by atoms with van der Waals surface area (Å²) in [6, 6.07) is 6.06. The lowest BCUT2D eigenvalue weighted by atomic mass is 9.99. The van der Waals surface area contributed by atoms with E-state index in [9.17, 15) is 14.4 Å². The first-order valence-electron chi connectivity index (χ1n) is 13.0. The molecule has 0 saturated carbocycles. The van der Waals surface area contributed by atoms with Crippen molar-refractivity contribution in [2.75, 3.05) is 48.0 Å². The van der Waals surface area contributed by atoms with Gasteiger partial charge in [-0.1, -0.05) is 6.08 Å². The van der Waals surface area contributed by atoms with Crippen molar-refractivity contribution in [3.63, 3.8) is 0 Å². The molecule has 0 fully saturated rings. The zero-order valence-electron chi connectivity index (χ0n) is 22.4. The molecule has 12 heteroatoms. The molecule has 2 unspecified atom stereocenters. The van der Waals surface area contributed by atoms with Gasteiger partial charge < -0.3 is 36.5 Å². The Morgan fingerprint density at radius 1 is 1.15 bits per heavy atom. The van der Waals surface area contributed by atoms with E-state index in [0.29, 0.717) is 24.5 Å². The van der Waals surface area contributed by atoms with Crippen LogP contribution < -0.4 is 27.0 Å². The molecule has 0 radical (unpaired) electrons. The van der Waals surface area contributed by atoms with E-state index in [4.69, 9.17) is 20.9 Å². The van der Waals surface area contributed by atoms with Gasteiger partial charge in [-0.25, -0.2) is 9.78 Å². The average Bonchev–Trinajstić information content (AvgIpc) is 2.90. The van der Waals surface area contributed by atoms with Gasteiger partial charge in [0, 0.05) is 36.8 Å². The molecule has 6 N–H and O–H groups in total. The molecule has 1 aliphatic heterocycles. The van der Waals surface area contributed by atoms with Crippen molar-refractivity contribution < 1.29 is 23.9 Å². The first kappa shape index (κ1) is 29.2. The SMILES string of the molecule is C=CCN1c2c(N)nc(N)nc2CCC1CNc1ccc(C(=O)NC(CCC(=O)OCC)C(=O)OCC)cc1. The second-order valence-corrected chi connectivity index (χ2v) is 8.98. The summed E-state index contributed by atoms with van der Waals surface area (Å²) in [6.45, 7) is 8.84. The summed E-state index contributed by atoms with van der Waals surface area (Å²) in [4.78, 5) is 47.5. The first-order chi connectivity index (χ1) is 18.8. The number of carbonyl (C=O) groups is 3. The number of ether oxygens (including phenoxy) is 2. The third kappa shape index (κ3) is 7.82. The number of benzene rings is 1. The number of aromatic nitrogens is 2. The lowest BCUT2D eigenvalue weighted by molar-refractivity contribution is -0.146. The number of nitrogens with zero attached hydrogens (tertiary/aromatic N) is 3. The molecular formula is C27H37N7O5. The Bertz CT molecular complexity index is 1170. The lowest BCUT2D eigenvalue weighted by Gasteiger charge is -2.38. The van der Waals surface area contributed by atoms with Crippen LogP contribution in [0.2, 0.25) is 0 Å². The smallest absolute Gasteiger partial charge is 0.328 e. The van der Waals surface area contributed by atoms with Crippen LogP contribution in [0.15, 0.2) is 36.9 Å². The number of rotatable bonds is 13. The van der Waals surface area contributed by atoms with E-state index in [1.807, 2.05) is 6.08 Å². The van der Waals surface area contributed by atoms with Crippen molar-refractivity contribution in [3.8, 4) is 0 Å². The van der Waals surface area contributed by atoms with E-state index < -0.39 is 23.9 Å². The molecule has 12 nitrogen and oxygen atoms in total. The molecule has 2 heterocycles. The predicted octanol–water partition coefficient (Wildman–Crippen LogP) is 2.07. The van der Waals surface area contributed by atoms with E-state index in [2.05, 4.69) is 32.1 Å². The maximum Gasteiger partial charge on any atom is 0.328 e. The van der Waals surface area contributed by atoms with E-state index >= 15 is 0 Å². The van der Waals surface area contributed by atoms with E-state index in [1.54, 1.807) is 38.1 Å². The molecular weight excluding hydrogens is 502 g/mol. The number of carbonyl (C=O) groups excluding carboxylic acids is 3. The minimum atomic E-state index is -0.962. The van der Waals surface area contributed by atoms with Crippen molar-refractivity contribution >= 4 is 41.0 Å². The monoisotopic (exact) mass is 539 g/mol. The van der Waals surface area contributed by atoms with Crippen LogP contribution >= 0.6 is 0 Å². The van der Waals surface area contributed by atoms with Crippen LogP contribution in [0.3, 0.4) is 0 Å². The van der Waals surface area contributed by atoms with Gasteiger partial charge in [-0.05, 0) is 57.4 Å². The van der Waals surface area contributed by atoms with E-state index in [-0.39, 0.29) is 38.0 Å². The number of nitrogens with two attached hydrogens (primary N) is 2. The molecule has 210 valence electrons. The largest absolute Gasteiger partial charge is 0.466 e. The fourth-order valence-electron chi connectivity index (χ4n) is 4.46. The summed E-state index contributed by atoms with van der Waals surface area (Å²) in [7, 11) is 0. The number of hydrogen-bond donors (Lipinski definition) is 4. The third-order valence-corrected chi connectivity index (χ3v) is 6.28. The lowest BCUT2D eigenvalue weighted by Crippen LogP contribution is -2.44. The first-order valence-corrected chi connectivity index (χ1v) is 13.0. The Morgan fingerprint density at radius 3 is 2.54 bits per heavy atom. The molecule has 0 spiro atoms. The van der Waals surface area contributed by atoms with Crippen LogP contribution in [0.25, 0.3) is 0 Å². The third-order valence-electron chi connectivity index (χ3n) is 6.28. The fraction of sp³-hybridized carbons (Fsp3) is 0.444. The summed E-state index contributed by atoms with van der Waals surface area (Å²) >= 11 is 0. The number of hydrogen-bond acceptors (Lipinski definition) is 11. The Kier molecular flexibility index (Phi) is 10.5. The van der Waals surface area contributed by atoms with Gasteiger partial charge in [0.1, 0.15) is 11.7 Å². The normalized spacial score (nSPS) is 15.0. The summed E-state index contributed by atoms with van der Waals surface area (Å²) in [5, 5.41) is 6.08. The fourth-order valence-corrected chi connectivity index (χ4v) is 4.46. The topological polar surface area (TPSA) is 175 Å². The number of aryl methyl sites for hydroxylation is 1. The molecule has 0 saturated heterocycles. The highest BCUT2D eigenvalue weighted by atomic mass is 16.5. The highest BCUT2D eigenvalue weighted by molar-refractivity contribution is 5.97. The van der Waals surface area contributed by atoms with Crippen molar-refractivity contribution in [2.45, 2.75) is 51.6 Å². The van der Waals surface area contributed by atoms with Crippen LogP contribution in [-0.2, 0) is 25.5 Å². The van der Waals surface area contributed by atoms with Gasteiger partial charge in [-0.3, -0.25) is 9.59 Å². The van der Waals surface area contributed by atoms with Gasteiger partial charge in [0.15, 0.2) is 5.82 Å². The van der Waals surface area contributed by atoms with Crippen molar-refractivity contribution in [1.82, 2.24) is 15.3 Å². The molecule has 39 heavy (non-hydrogen) atoms. The highest BCUT2D eigenvalue weighted by Crippen LogP contribution is 2.34. The number of nitrogens with one attached hydrogen (secondary N) is 2. The molecule has 1 amide bonds. The molecule has 1 aromatic carbocycles. The summed E-state index contributed by atoms with van der Waals surface area (Å²) in [6.07, 6.45) is 3.44. The molecule has 3 rings (SSSR count). The van der Waals surface area contributed by atoms with Gasteiger partial charge in [0.05, 0.1) is 18.9 Å². The molecule has 0 bridgehead atoms. The van der Waals surface area contributed by atoms with Gasteiger partial charge >= 0.3 is 11.9 Å². The number of esters is 2. The summed E-state index contributed by atoms with van der Waals surface area (Å²) in [5.74, 6) is -0.968. The van der Waals surface area contributed by atoms with Gasteiger partial charge in [0.2, 0.25) is 5.95 Å². The maximum atomic E-state index is 12.8. The van der Waals surface area contributed by atoms with Gasteiger partial charge in [-0.2, -0.15) is 4.98 Å². The predicted molar refractivity (Wildman–Crippen MR) is 149 cm³/mol. The van der Waals surface area contributed by atoms with Crippen LogP contribution in [-0.4, -0.2) is 66.2 Å². The van der Waals surface area contributed by atoms with Gasteiger partial charge in [0.25, 0.3) is 5.91 Å². The number of anilines is 4. The minimum Gasteiger partial charge on any atom is -0.466 e. The van der Waals surface area contributed by atoms with Crippen LogP contribution in [0, 0.1) is 0 Å². The highest BCUT2D eigenvalue weighted by Gasteiger charge is 2.29. The Hall–Kier alpha value is -4.35. The Balaban J connectivity index is 1.62. The minimum absolute atomic E-state index is 0.0138. The maximum absolute atomic E-state index is 12.8. The molecule has 0 aliphatic carbocycles. The second-order valence-electron chi connectivity index (χ2n) is 8.98. The number of fused-ring (bicyclic) bond motifs is 1. The summed E-state index contributed by atoms with van der Waals surface area (Å²) < 4.78 is 9.97. The standard InChI is InChI=1S/C27H37N7O5/c1-4-15-34-19(11-12-20-23(34)24(28)33-27(29)32-20)16-30-18-9-7-17(8-10-18)25(36)31-21(26(37)39-6-3)13-14-22(35)38-5-2/h4,7-10,19,21,30H,1,5-6,11-16H2,2-3H3,(H,31,36)(H4,28,29,32,33). The van der Waals surface area contributed by atoms with Crippen molar-refractivity contribution in [1.29, 1.82) is 0 Å². The second kappa shape index (κ2) is 14.0. The van der Waals surface area contributed by atoms with E-state index in [1.165, 1.54) is 0 Å². The van der Waals surface area contributed by atoms with Crippen LogP contribution in [0.1, 0.15) is 49.2 Å². The molecule has 2 atom stereocenters. The number of nitrogen functional groups attached to an aromatic ring is 2. The summed E-state index contributed by atoms with van der Waals surface area (Å²) in [5.41, 5.74) is 14.8. The molecule has 2 aromatic rings. The Morgan fingerprint density at radius 2 is 1.87 bits per heavy atom. The van der Waals surface area contributed by atoms with Crippen LogP contribution in [0.5, 0.6) is 0 Å². The van der Waals surface area contributed by atoms with Crippen molar-refractivity contribution in [2.24, 2.45) is 0 Å².